The van der Waals surface area contributed by atoms with Crippen molar-refractivity contribution in [2.45, 2.75) is 0 Å². The largest absolute Gasteiger partial charge is 0.453 e. The maximum atomic E-state index is 7.11. The Morgan fingerprint density at radius 1 is 0.353 bits per heavy atom. The standard InChI is InChI=1S/C48H32N2O/c1-4-13-33(14-5-1)35-23-27-38(28-24-35)49(39-29-25-36(26-30-39)34-15-6-2-7-16-34)45-22-12-20-40-41-31-32-44-46(48(41)51-47(40)45)42-19-10-11-21-43(42)50(44)37-17-8-3-9-18-37/h1-32H. The monoisotopic (exact) mass is 652 g/mol. The number of anilines is 3. The van der Waals surface area contributed by atoms with Crippen LogP contribution in [0.4, 0.5) is 17.1 Å². The molecule has 51 heavy (non-hydrogen) atoms. The van der Waals surface area contributed by atoms with E-state index in [1.165, 1.54) is 27.6 Å². The van der Waals surface area contributed by atoms with Gasteiger partial charge in [0, 0.05) is 33.2 Å². The van der Waals surface area contributed by atoms with E-state index in [1.807, 2.05) is 0 Å². The summed E-state index contributed by atoms with van der Waals surface area (Å²) >= 11 is 0. The van der Waals surface area contributed by atoms with Crippen LogP contribution in [0.1, 0.15) is 0 Å². The average molecular weight is 653 g/mol. The van der Waals surface area contributed by atoms with E-state index in [0.717, 1.165) is 61.1 Å². The number of furan rings is 1. The van der Waals surface area contributed by atoms with Gasteiger partial charge in [0.2, 0.25) is 0 Å². The van der Waals surface area contributed by atoms with Crippen molar-refractivity contribution < 1.29 is 4.42 Å². The summed E-state index contributed by atoms with van der Waals surface area (Å²) in [7, 11) is 0. The highest BCUT2D eigenvalue weighted by molar-refractivity contribution is 6.24. The zero-order chi connectivity index (χ0) is 33.7. The van der Waals surface area contributed by atoms with Gasteiger partial charge in [-0.25, -0.2) is 0 Å². The molecule has 0 amide bonds. The number of hydrogen-bond donors (Lipinski definition) is 0. The molecule has 0 spiro atoms. The summed E-state index contributed by atoms with van der Waals surface area (Å²) in [4.78, 5) is 2.32. The molecule has 0 bridgehead atoms. The SMILES string of the molecule is c1ccc(-c2ccc(N(c3ccc(-c4ccccc4)cc3)c3cccc4c3oc3c4ccc4c3c3ccccc3n4-c3ccccc3)cc2)cc1. The number of rotatable bonds is 6. The van der Waals surface area contributed by atoms with Crippen LogP contribution in [0.25, 0.3) is 71.7 Å². The van der Waals surface area contributed by atoms with Crippen LogP contribution in [-0.2, 0) is 0 Å². The van der Waals surface area contributed by atoms with E-state index in [-0.39, 0.29) is 0 Å². The maximum absolute atomic E-state index is 7.11. The summed E-state index contributed by atoms with van der Waals surface area (Å²) < 4.78 is 9.45. The molecule has 2 aromatic heterocycles. The van der Waals surface area contributed by atoms with Gasteiger partial charge in [-0.2, -0.15) is 0 Å². The molecule has 10 aromatic rings. The van der Waals surface area contributed by atoms with Crippen LogP contribution < -0.4 is 4.90 Å². The Morgan fingerprint density at radius 3 is 1.49 bits per heavy atom. The van der Waals surface area contributed by atoms with Crippen LogP contribution in [0, 0.1) is 0 Å². The molecule has 8 aromatic carbocycles. The Bertz CT molecular complexity index is 2730. The van der Waals surface area contributed by atoms with Gasteiger partial charge in [-0.3, -0.25) is 0 Å². The minimum Gasteiger partial charge on any atom is -0.453 e. The van der Waals surface area contributed by atoms with Crippen LogP contribution in [0.15, 0.2) is 199 Å². The van der Waals surface area contributed by atoms with Crippen molar-refractivity contribution in [3.05, 3.63) is 194 Å². The first-order valence-corrected chi connectivity index (χ1v) is 17.4. The van der Waals surface area contributed by atoms with Gasteiger partial charge in [-0.15, -0.1) is 0 Å². The van der Waals surface area contributed by atoms with Crippen LogP contribution in [0.5, 0.6) is 0 Å². The molecule has 0 N–H and O–H groups in total. The Balaban J connectivity index is 1.20. The summed E-state index contributed by atoms with van der Waals surface area (Å²) in [5.41, 5.74) is 13.0. The number of para-hydroxylation sites is 3. The lowest BCUT2D eigenvalue weighted by Gasteiger charge is -2.26. The molecule has 0 saturated heterocycles. The summed E-state index contributed by atoms with van der Waals surface area (Å²) in [5, 5.41) is 4.49. The van der Waals surface area contributed by atoms with Gasteiger partial charge in [0.15, 0.2) is 5.58 Å². The third-order valence-corrected chi connectivity index (χ3v) is 10.00. The Morgan fingerprint density at radius 2 is 0.863 bits per heavy atom. The van der Waals surface area contributed by atoms with Crippen molar-refractivity contribution in [3.8, 4) is 27.9 Å². The molecule has 240 valence electrons. The molecule has 0 fully saturated rings. The summed E-state index contributed by atoms with van der Waals surface area (Å²) in [6.45, 7) is 0. The molecule has 0 radical (unpaired) electrons. The third-order valence-electron chi connectivity index (χ3n) is 10.00. The summed E-state index contributed by atoms with van der Waals surface area (Å²) in [6.07, 6.45) is 0. The highest BCUT2D eigenvalue weighted by atomic mass is 16.3. The molecular formula is C48H32N2O. The second-order valence-electron chi connectivity index (χ2n) is 12.9. The fourth-order valence-corrected chi connectivity index (χ4v) is 7.62. The first kappa shape index (κ1) is 29.1. The van der Waals surface area contributed by atoms with Crippen molar-refractivity contribution >= 4 is 60.8 Å². The smallest absolute Gasteiger partial charge is 0.159 e. The van der Waals surface area contributed by atoms with Crippen LogP contribution >= 0.6 is 0 Å². The number of fused-ring (bicyclic) bond motifs is 7. The van der Waals surface area contributed by atoms with Crippen molar-refractivity contribution in [2.75, 3.05) is 4.90 Å². The summed E-state index contributed by atoms with van der Waals surface area (Å²) in [6, 6.07) is 68.9. The van der Waals surface area contributed by atoms with Gasteiger partial charge in [0.1, 0.15) is 5.58 Å². The molecule has 3 nitrogen and oxygen atoms in total. The molecule has 0 unspecified atom stereocenters. The second-order valence-corrected chi connectivity index (χ2v) is 12.9. The Hall–Kier alpha value is -6.84. The molecule has 0 aliphatic rings. The van der Waals surface area contributed by atoms with E-state index >= 15 is 0 Å². The molecule has 10 rings (SSSR count). The first-order chi connectivity index (χ1) is 25.3. The van der Waals surface area contributed by atoms with Crippen LogP contribution in [-0.4, -0.2) is 4.57 Å². The van der Waals surface area contributed by atoms with Crippen molar-refractivity contribution in [3.63, 3.8) is 0 Å². The topological polar surface area (TPSA) is 21.3 Å². The lowest BCUT2D eigenvalue weighted by atomic mass is 10.0. The maximum Gasteiger partial charge on any atom is 0.159 e. The fraction of sp³-hybridized carbons (Fsp3) is 0. The van der Waals surface area contributed by atoms with Crippen LogP contribution in [0.3, 0.4) is 0 Å². The highest BCUT2D eigenvalue weighted by Gasteiger charge is 2.23. The third kappa shape index (κ3) is 4.82. The zero-order valence-corrected chi connectivity index (χ0v) is 27.8. The number of benzene rings is 8. The first-order valence-electron chi connectivity index (χ1n) is 17.4. The lowest BCUT2D eigenvalue weighted by Crippen LogP contribution is -2.10. The van der Waals surface area contributed by atoms with E-state index in [2.05, 4.69) is 204 Å². The van der Waals surface area contributed by atoms with Crippen molar-refractivity contribution in [1.29, 1.82) is 0 Å². The number of hydrogen-bond acceptors (Lipinski definition) is 2. The predicted molar refractivity (Wildman–Crippen MR) is 214 cm³/mol. The quantitative estimate of drug-likeness (QED) is 0.178. The highest BCUT2D eigenvalue weighted by Crippen LogP contribution is 2.46. The minimum absolute atomic E-state index is 0.857. The van der Waals surface area contributed by atoms with Gasteiger partial charge in [-0.1, -0.05) is 133 Å². The van der Waals surface area contributed by atoms with Gasteiger partial charge in [-0.05, 0) is 82.9 Å². The van der Waals surface area contributed by atoms with E-state index in [9.17, 15) is 0 Å². The Kier molecular flexibility index (Phi) is 6.81. The van der Waals surface area contributed by atoms with Crippen molar-refractivity contribution in [1.82, 2.24) is 4.57 Å². The van der Waals surface area contributed by atoms with E-state index in [1.54, 1.807) is 0 Å². The zero-order valence-electron chi connectivity index (χ0n) is 27.8. The van der Waals surface area contributed by atoms with Gasteiger partial charge in [0.25, 0.3) is 0 Å². The van der Waals surface area contributed by atoms with Gasteiger partial charge in [0.05, 0.1) is 22.1 Å². The van der Waals surface area contributed by atoms with E-state index in [4.69, 9.17) is 4.42 Å². The summed E-state index contributed by atoms with van der Waals surface area (Å²) in [5.74, 6) is 0. The van der Waals surface area contributed by atoms with Gasteiger partial charge < -0.3 is 13.9 Å². The number of nitrogens with zero attached hydrogens (tertiary/aromatic N) is 2. The molecule has 3 heteroatoms. The average Bonchev–Trinajstić information content (AvgIpc) is 3.76. The van der Waals surface area contributed by atoms with E-state index < -0.39 is 0 Å². The molecule has 2 heterocycles. The molecular weight excluding hydrogens is 621 g/mol. The molecule has 0 aliphatic heterocycles. The Labute approximate surface area is 295 Å². The van der Waals surface area contributed by atoms with Gasteiger partial charge >= 0.3 is 0 Å². The lowest BCUT2D eigenvalue weighted by molar-refractivity contribution is 0.673. The van der Waals surface area contributed by atoms with E-state index in [0.29, 0.717) is 0 Å². The number of aromatic nitrogens is 1. The van der Waals surface area contributed by atoms with Crippen LogP contribution in [0.2, 0.25) is 0 Å². The molecule has 0 atom stereocenters. The van der Waals surface area contributed by atoms with Crippen molar-refractivity contribution in [2.24, 2.45) is 0 Å². The fourth-order valence-electron chi connectivity index (χ4n) is 7.62. The molecule has 0 saturated carbocycles. The molecule has 0 aliphatic carbocycles. The predicted octanol–water partition coefficient (Wildman–Crippen LogP) is 13.5. The second kappa shape index (κ2) is 11.9. The minimum atomic E-state index is 0.857. The normalized spacial score (nSPS) is 11.5.